The van der Waals surface area contributed by atoms with Crippen molar-refractivity contribution in [1.29, 1.82) is 0 Å². The van der Waals surface area contributed by atoms with Crippen LogP contribution in [0.4, 0.5) is 4.39 Å². The van der Waals surface area contributed by atoms with Gasteiger partial charge < -0.3 is 5.32 Å². The van der Waals surface area contributed by atoms with Crippen LogP contribution in [0.5, 0.6) is 0 Å². The van der Waals surface area contributed by atoms with Gasteiger partial charge in [-0.15, -0.1) is 0 Å². The van der Waals surface area contributed by atoms with Crippen molar-refractivity contribution >= 4 is 5.91 Å². The van der Waals surface area contributed by atoms with E-state index in [4.69, 9.17) is 0 Å². The summed E-state index contributed by atoms with van der Waals surface area (Å²) in [6.45, 7) is 4.78. The molecule has 4 rings (SSSR count). The van der Waals surface area contributed by atoms with Crippen molar-refractivity contribution in [3.8, 4) is 0 Å². The summed E-state index contributed by atoms with van der Waals surface area (Å²) in [4.78, 5) is 15.3. The van der Waals surface area contributed by atoms with E-state index < -0.39 is 0 Å². The molecule has 0 saturated carbocycles. The average Bonchev–Trinajstić information content (AvgIpc) is 2.79. The first kappa shape index (κ1) is 21.0. The second kappa shape index (κ2) is 9.74. The lowest BCUT2D eigenvalue weighted by Crippen LogP contribution is -2.41. The number of hydrogen-bond donors (Lipinski definition) is 1. The molecule has 3 nitrogen and oxygen atoms in total. The zero-order valence-electron chi connectivity index (χ0n) is 18.0. The fraction of sp³-hybridized carbons (Fsp3) is 0.500. The van der Waals surface area contributed by atoms with E-state index in [9.17, 15) is 9.18 Å². The normalized spacial score (nSPS) is 18.6. The second-order valence-corrected chi connectivity index (χ2v) is 8.88. The van der Waals surface area contributed by atoms with Gasteiger partial charge in [-0.1, -0.05) is 37.3 Å². The van der Waals surface area contributed by atoms with E-state index in [-0.39, 0.29) is 23.7 Å². The Balaban J connectivity index is 1.30. The van der Waals surface area contributed by atoms with Gasteiger partial charge in [0.25, 0.3) is 0 Å². The number of likely N-dealkylation sites (tertiary alicyclic amines) is 1. The fourth-order valence-electron chi connectivity index (χ4n) is 4.88. The van der Waals surface area contributed by atoms with Crippen molar-refractivity contribution in [3.05, 3.63) is 70.5 Å². The van der Waals surface area contributed by atoms with E-state index in [1.54, 1.807) is 0 Å². The predicted octanol–water partition coefficient (Wildman–Crippen LogP) is 5.18. The smallest absolute Gasteiger partial charge is 0.223 e. The Hall–Kier alpha value is -2.20. The molecule has 160 valence electrons. The molecule has 1 N–H and O–H groups in total. The Morgan fingerprint density at radius 2 is 1.77 bits per heavy atom. The second-order valence-electron chi connectivity index (χ2n) is 8.88. The number of amides is 1. The van der Waals surface area contributed by atoms with Gasteiger partial charge in [-0.25, -0.2) is 4.39 Å². The van der Waals surface area contributed by atoms with Crippen molar-refractivity contribution in [3.63, 3.8) is 0 Å². The van der Waals surface area contributed by atoms with Crippen molar-refractivity contribution in [2.45, 2.75) is 64.5 Å². The first-order chi connectivity index (χ1) is 14.6. The molecule has 2 aromatic carbocycles. The summed E-state index contributed by atoms with van der Waals surface area (Å²) in [5.41, 5.74) is 5.33. The molecule has 4 heteroatoms. The van der Waals surface area contributed by atoms with Crippen LogP contribution in [-0.2, 0) is 24.2 Å². The number of aryl methyl sites for hydroxylation is 2. The third-order valence-corrected chi connectivity index (χ3v) is 6.78. The third-order valence-electron chi connectivity index (χ3n) is 6.78. The molecule has 0 radical (unpaired) electrons. The molecule has 0 aromatic heterocycles. The van der Waals surface area contributed by atoms with Crippen LogP contribution in [0.2, 0.25) is 0 Å². The molecular weight excluding hydrogens is 375 g/mol. The highest BCUT2D eigenvalue weighted by atomic mass is 19.1. The summed E-state index contributed by atoms with van der Waals surface area (Å²) in [6.07, 6.45) is 7.60. The molecule has 2 aliphatic rings. The van der Waals surface area contributed by atoms with Crippen LogP contribution in [0.15, 0.2) is 42.5 Å². The number of nitrogens with one attached hydrogen (secondary N) is 1. The van der Waals surface area contributed by atoms with Gasteiger partial charge >= 0.3 is 0 Å². The molecule has 1 heterocycles. The van der Waals surface area contributed by atoms with E-state index >= 15 is 0 Å². The number of hydrogen-bond acceptors (Lipinski definition) is 2. The van der Waals surface area contributed by atoms with E-state index in [0.29, 0.717) is 0 Å². The number of fused-ring (bicyclic) bond motifs is 1. The molecule has 1 aliphatic carbocycles. The zero-order chi connectivity index (χ0) is 20.9. The maximum Gasteiger partial charge on any atom is 0.223 e. The Labute approximate surface area is 179 Å². The van der Waals surface area contributed by atoms with Gasteiger partial charge in [-0.05, 0) is 92.4 Å². The van der Waals surface area contributed by atoms with Crippen LogP contribution in [0.3, 0.4) is 0 Å². The van der Waals surface area contributed by atoms with Gasteiger partial charge in [-0.2, -0.15) is 0 Å². The number of carbonyl (C=O) groups excluding carboxylic acids is 1. The number of halogens is 1. The number of nitrogens with zero attached hydrogens (tertiary/aromatic N) is 1. The van der Waals surface area contributed by atoms with Gasteiger partial charge in [-0.3, -0.25) is 9.69 Å². The van der Waals surface area contributed by atoms with Crippen molar-refractivity contribution in [2.75, 3.05) is 13.1 Å². The summed E-state index contributed by atoms with van der Waals surface area (Å²) < 4.78 is 13.1. The minimum atomic E-state index is -0.196. The summed E-state index contributed by atoms with van der Waals surface area (Å²) in [5, 5.41) is 3.33. The van der Waals surface area contributed by atoms with Crippen LogP contribution >= 0.6 is 0 Å². The molecule has 1 aliphatic heterocycles. The summed E-state index contributed by atoms with van der Waals surface area (Å²) >= 11 is 0. The van der Waals surface area contributed by atoms with E-state index in [1.165, 1.54) is 54.5 Å². The maximum atomic E-state index is 13.1. The standard InChI is InChI=1S/C26H33FN2O/c1-2-25(23-10-9-20-5-3-4-6-22(20)17-23)28-26(30)21-13-15-29(16-14-21)18-19-7-11-24(27)12-8-19/h7-12,17,21,25H,2-6,13-16,18H2,1H3,(H,28,30)/t25-/m1/s1. The number of piperidine rings is 1. The van der Waals surface area contributed by atoms with E-state index in [0.717, 1.165) is 44.5 Å². The molecule has 1 atom stereocenters. The molecular formula is C26H33FN2O. The third kappa shape index (κ3) is 5.10. The monoisotopic (exact) mass is 408 g/mol. The molecule has 30 heavy (non-hydrogen) atoms. The lowest BCUT2D eigenvalue weighted by atomic mass is 9.88. The first-order valence-electron chi connectivity index (χ1n) is 11.5. The maximum absolute atomic E-state index is 13.1. The lowest BCUT2D eigenvalue weighted by molar-refractivity contribution is -0.127. The Morgan fingerprint density at radius 3 is 2.47 bits per heavy atom. The Kier molecular flexibility index (Phi) is 6.83. The Morgan fingerprint density at radius 1 is 1.07 bits per heavy atom. The summed E-state index contributed by atoms with van der Waals surface area (Å²) in [5.74, 6) is 0.0840. The number of rotatable bonds is 6. The van der Waals surface area contributed by atoms with Crippen LogP contribution in [0.1, 0.15) is 67.3 Å². The minimum Gasteiger partial charge on any atom is -0.349 e. The van der Waals surface area contributed by atoms with Gasteiger partial charge in [0.2, 0.25) is 5.91 Å². The lowest BCUT2D eigenvalue weighted by Gasteiger charge is -2.32. The van der Waals surface area contributed by atoms with E-state index in [1.807, 2.05) is 12.1 Å². The van der Waals surface area contributed by atoms with Crippen molar-refractivity contribution < 1.29 is 9.18 Å². The van der Waals surface area contributed by atoms with Gasteiger partial charge in [0.1, 0.15) is 5.82 Å². The predicted molar refractivity (Wildman–Crippen MR) is 119 cm³/mol. The summed E-state index contributed by atoms with van der Waals surface area (Å²) in [7, 11) is 0. The van der Waals surface area contributed by atoms with Crippen LogP contribution in [-0.4, -0.2) is 23.9 Å². The minimum absolute atomic E-state index is 0.0844. The molecule has 2 aromatic rings. The van der Waals surface area contributed by atoms with Crippen LogP contribution in [0.25, 0.3) is 0 Å². The highest BCUT2D eigenvalue weighted by molar-refractivity contribution is 5.79. The zero-order valence-corrected chi connectivity index (χ0v) is 18.0. The van der Waals surface area contributed by atoms with Gasteiger partial charge in [0, 0.05) is 12.5 Å². The number of benzene rings is 2. The average molecular weight is 409 g/mol. The topological polar surface area (TPSA) is 32.3 Å². The molecule has 1 amide bonds. The first-order valence-corrected chi connectivity index (χ1v) is 11.5. The van der Waals surface area contributed by atoms with Gasteiger partial charge in [0.05, 0.1) is 6.04 Å². The van der Waals surface area contributed by atoms with Crippen molar-refractivity contribution in [2.24, 2.45) is 5.92 Å². The van der Waals surface area contributed by atoms with Gasteiger partial charge in [0.15, 0.2) is 0 Å². The highest BCUT2D eigenvalue weighted by Gasteiger charge is 2.27. The van der Waals surface area contributed by atoms with E-state index in [2.05, 4.69) is 35.3 Å². The molecule has 0 unspecified atom stereocenters. The molecule has 1 fully saturated rings. The highest BCUT2D eigenvalue weighted by Crippen LogP contribution is 2.27. The largest absolute Gasteiger partial charge is 0.349 e. The quantitative estimate of drug-likeness (QED) is 0.714. The molecule has 0 spiro atoms. The SMILES string of the molecule is CC[C@@H](NC(=O)C1CCN(Cc2ccc(F)cc2)CC1)c1ccc2c(c1)CCCC2. The van der Waals surface area contributed by atoms with Crippen molar-refractivity contribution in [1.82, 2.24) is 10.2 Å². The fourth-order valence-corrected chi connectivity index (χ4v) is 4.88. The van der Waals surface area contributed by atoms with Crippen LogP contribution in [0, 0.1) is 11.7 Å². The van der Waals surface area contributed by atoms with Crippen LogP contribution < -0.4 is 5.32 Å². The molecule has 0 bridgehead atoms. The number of carbonyl (C=O) groups is 1. The Bertz CT molecular complexity index is 856. The summed E-state index contributed by atoms with van der Waals surface area (Å²) in [6, 6.07) is 13.6. The molecule has 1 saturated heterocycles.